The third kappa shape index (κ3) is 4.03. The first-order chi connectivity index (χ1) is 13.2. The number of hydrogen-bond donors (Lipinski definition) is 1. The van der Waals surface area contributed by atoms with Gasteiger partial charge in [-0.15, -0.1) is 0 Å². The molecule has 1 fully saturated rings. The first-order valence-corrected chi connectivity index (χ1v) is 9.68. The molecule has 140 valence electrons. The van der Waals surface area contributed by atoms with E-state index in [9.17, 15) is 4.79 Å². The molecule has 5 heteroatoms. The van der Waals surface area contributed by atoms with E-state index in [0.717, 1.165) is 55.5 Å². The summed E-state index contributed by atoms with van der Waals surface area (Å²) < 4.78 is 0. The second-order valence-corrected chi connectivity index (χ2v) is 7.33. The Balaban J connectivity index is 1.31. The van der Waals surface area contributed by atoms with Gasteiger partial charge in [0.15, 0.2) is 0 Å². The highest BCUT2D eigenvalue weighted by Crippen LogP contribution is 2.20. The van der Waals surface area contributed by atoms with E-state index in [1.54, 1.807) is 0 Å². The van der Waals surface area contributed by atoms with Crippen molar-refractivity contribution in [2.75, 3.05) is 26.7 Å². The summed E-state index contributed by atoms with van der Waals surface area (Å²) >= 11 is 0. The van der Waals surface area contributed by atoms with E-state index >= 15 is 0 Å². The van der Waals surface area contributed by atoms with Crippen molar-refractivity contribution in [2.45, 2.75) is 25.3 Å². The summed E-state index contributed by atoms with van der Waals surface area (Å²) in [6, 6.07) is 16.3. The number of aromatic nitrogens is 2. The van der Waals surface area contributed by atoms with Gasteiger partial charge in [-0.2, -0.15) is 0 Å². The van der Waals surface area contributed by atoms with Crippen molar-refractivity contribution in [2.24, 2.45) is 0 Å². The second kappa shape index (κ2) is 7.92. The molecule has 1 aliphatic heterocycles. The molecular formula is C22H26N4O. The normalized spacial score (nSPS) is 15.9. The standard InChI is InChI=1S/C22H26N4O/c1-25(22(27)21-16-17-6-2-3-8-20(17)24-21)19-10-14-26(15-11-19)13-9-18-7-4-5-12-23-18/h2-8,12,16,19,24H,9-11,13-15H2,1H3. The molecule has 0 unspecified atom stereocenters. The van der Waals surface area contributed by atoms with E-state index < -0.39 is 0 Å². The Hall–Kier alpha value is -2.66. The van der Waals surface area contributed by atoms with Gasteiger partial charge in [-0.25, -0.2) is 0 Å². The summed E-state index contributed by atoms with van der Waals surface area (Å²) in [6.07, 6.45) is 4.87. The first kappa shape index (κ1) is 17.7. The Morgan fingerprint density at radius 2 is 1.96 bits per heavy atom. The fourth-order valence-corrected chi connectivity index (χ4v) is 3.89. The fraction of sp³-hybridized carbons (Fsp3) is 0.364. The Morgan fingerprint density at radius 3 is 2.70 bits per heavy atom. The molecule has 5 nitrogen and oxygen atoms in total. The molecule has 1 aromatic carbocycles. The summed E-state index contributed by atoms with van der Waals surface area (Å²) in [5.74, 6) is 0.0816. The molecule has 0 aliphatic carbocycles. The van der Waals surface area contributed by atoms with Gasteiger partial charge in [-0.3, -0.25) is 9.78 Å². The van der Waals surface area contributed by atoms with Crippen molar-refractivity contribution < 1.29 is 4.79 Å². The van der Waals surface area contributed by atoms with Crippen molar-refractivity contribution in [3.63, 3.8) is 0 Å². The second-order valence-electron chi connectivity index (χ2n) is 7.33. The number of carbonyl (C=O) groups is 1. The van der Waals surface area contributed by atoms with Gasteiger partial charge in [-0.1, -0.05) is 24.3 Å². The maximum absolute atomic E-state index is 12.9. The van der Waals surface area contributed by atoms with Gasteiger partial charge in [0.2, 0.25) is 0 Å². The third-order valence-corrected chi connectivity index (χ3v) is 5.60. The summed E-state index contributed by atoms with van der Waals surface area (Å²) in [7, 11) is 1.93. The highest BCUT2D eigenvalue weighted by atomic mass is 16.2. The van der Waals surface area contributed by atoms with Crippen LogP contribution in [0.3, 0.4) is 0 Å². The lowest BCUT2D eigenvalue weighted by Crippen LogP contribution is -2.46. The third-order valence-electron chi connectivity index (χ3n) is 5.60. The number of para-hydroxylation sites is 1. The van der Waals surface area contributed by atoms with Crippen LogP contribution in [-0.4, -0.2) is 58.4 Å². The molecule has 0 saturated carbocycles. The first-order valence-electron chi connectivity index (χ1n) is 9.68. The Morgan fingerprint density at radius 1 is 1.19 bits per heavy atom. The van der Waals surface area contributed by atoms with E-state index in [4.69, 9.17) is 0 Å². The zero-order valence-electron chi connectivity index (χ0n) is 15.8. The number of fused-ring (bicyclic) bond motifs is 1. The van der Waals surface area contributed by atoms with E-state index in [1.165, 1.54) is 0 Å². The number of amides is 1. The molecule has 2 aromatic heterocycles. The Labute approximate surface area is 160 Å². The minimum Gasteiger partial charge on any atom is -0.351 e. The highest BCUT2D eigenvalue weighted by molar-refractivity contribution is 5.98. The number of nitrogens with one attached hydrogen (secondary N) is 1. The SMILES string of the molecule is CN(C(=O)c1cc2ccccc2[nH]1)C1CCN(CCc2ccccn2)CC1. The van der Waals surface area contributed by atoms with Crippen LogP contribution in [0.15, 0.2) is 54.7 Å². The molecule has 1 amide bonds. The van der Waals surface area contributed by atoms with E-state index in [1.807, 2.05) is 60.6 Å². The number of benzene rings is 1. The molecule has 0 radical (unpaired) electrons. The van der Waals surface area contributed by atoms with Gasteiger partial charge < -0.3 is 14.8 Å². The number of piperidine rings is 1. The number of hydrogen-bond acceptors (Lipinski definition) is 3. The predicted molar refractivity (Wildman–Crippen MR) is 108 cm³/mol. The van der Waals surface area contributed by atoms with Crippen molar-refractivity contribution in [1.29, 1.82) is 0 Å². The zero-order valence-corrected chi connectivity index (χ0v) is 15.8. The van der Waals surface area contributed by atoms with Crippen LogP contribution in [0.5, 0.6) is 0 Å². The smallest absolute Gasteiger partial charge is 0.270 e. The monoisotopic (exact) mass is 362 g/mol. The molecule has 1 saturated heterocycles. The van der Waals surface area contributed by atoms with Crippen molar-refractivity contribution in [3.05, 3.63) is 66.1 Å². The molecule has 0 bridgehead atoms. The van der Waals surface area contributed by atoms with Crippen LogP contribution in [-0.2, 0) is 6.42 Å². The van der Waals surface area contributed by atoms with Gasteiger partial charge in [0.25, 0.3) is 5.91 Å². The summed E-state index contributed by atoms with van der Waals surface area (Å²) in [5, 5.41) is 1.08. The lowest BCUT2D eigenvalue weighted by Gasteiger charge is -2.36. The van der Waals surface area contributed by atoms with Crippen molar-refractivity contribution >= 4 is 16.8 Å². The largest absolute Gasteiger partial charge is 0.351 e. The predicted octanol–water partition coefficient (Wildman–Crippen LogP) is 3.34. The average Bonchev–Trinajstić information content (AvgIpc) is 3.16. The molecule has 3 heterocycles. The van der Waals surface area contributed by atoms with Crippen LogP contribution in [0.1, 0.15) is 29.0 Å². The van der Waals surface area contributed by atoms with Crippen LogP contribution in [0.2, 0.25) is 0 Å². The van der Waals surface area contributed by atoms with Crippen molar-refractivity contribution in [1.82, 2.24) is 19.8 Å². The van der Waals surface area contributed by atoms with Gasteiger partial charge in [-0.05, 0) is 37.1 Å². The minimum atomic E-state index is 0.0816. The van der Waals surface area contributed by atoms with Crippen LogP contribution in [0.4, 0.5) is 0 Å². The lowest BCUT2D eigenvalue weighted by molar-refractivity contribution is 0.0638. The molecular weight excluding hydrogens is 336 g/mol. The summed E-state index contributed by atoms with van der Waals surface area (Å²) in [6.45, 7) is 3.09. The van der Waals surface area contributed by atoms with Crippen molar-refractivity contribution in [3.8, 4) is 0 Å². The van der Waals surface area contributed by atoms with Gasteiger partial charge in [0, 0.05) is 61.9 Å². The number of rotatable bonds is 5. The maximum Gasteiger partial charge on any atom is 0.270 e. The van der Waals surface area contributed by atoms with Gasteiger partial charge in [0.05, 0.1) is 0 Å². The number of H-pyrrole nitrogens is 1. The van der Waals surface area contributed by atoms with Gasteiger partial charge >= 0.3 is 0 Å². The molecule has 27 heavy (non-hydrogen) atoms. The number of likely N-dealkylation sites (tertiary alicyclic amines) is 1. The van der Waals surface area contributed by atoms with E-state index in [2.05, 4.69) is 20.9 Å². The molecule has 1 N–H and O–H groups in total. The Bertz CT molecular complexity index is 864. The quantitative estimate of drug-likeness (QED) is 0.757. The van der Waals surface area contributed by atoms with Crippen LogP contribution < -0.4 is 0 Å². The summed E-state index contributed by atoms with van der Waals surface area (Å²) in [5.41, 5.74) is 2.83. The number of nitrogens with zero attached hydrogens (tertiary/aromatic N) is 3. The topological polar surface area (TPSA) is 52.2 Å². The zero-order chi connectivity index (χ0) is 18.6. The van der Waals surface area contributed by atoms with Crippen LogP contribution >= 0.6 is 0 Å². The number of aromatic amines is 1. The Kier molecular flexibility index (Phi) is 5.21. The average molecular weight is 362 g/mol. The van der Waals surface area contributed by atoms with E-state index in [0.29, 0.717) is 11.7 Å². The van der Waals surface area contributed by atoms with E-state index in [-0.39, 0.29) is 5.91 Å². The fourth-order valence-electron chi connectivity index (χ4n) is 3.89. The molecule has 1 aliphatic rings. The van der Waals surface area contributed by atoms with Crippen LogP contribution in [0, 0.1) is 0 Å². The number of carbonyl (C=O) groups excluding carboxylic acids is 1. The van der Waals surface area contributed by atoms with Gasteiger partial charge in [0.1, 0.15) is 5.69 Å². The number of pyridine rings is 1. The maximum atomic E-state index is 12.9. The van der Waals surface area contributed by atoms with Crippen LogP contribution in [0.25, 0.3) is 10.9 Å². The minimum absolute atomic E-state index is 0.0816. The molecule has 4 rings (SSSR count). The summed E-state index contributed by atoms with van der Waals surface area (Å²) in [4.78, 5) is 24.9. The lowest BCUT2D eigenvalue weighted by atomic mass is 10.0. The molecule has 0 spiro atoms. The molecule has 3 aromatic rings. The molecule has 0 atom stereocenters. The highest BCUT2D eigenvalue weighted by Gasteiger charge is 2.26.